The van der Waals surface area contributed by atoms with Gasteiger partial charge in [-0.3, -0.25) is 0 Å². The number of alkyl halides is 1. The van der Waals surface area contributed by atoms with Crippen molar-refractivity contribution in [3.8, 4) is 0 Å². The van der Waals surface area contributed by atoms with E-state index < -0.39 is 11.6 Å². The fraction of sp³-hybridized carbons (Fsp3) is 0.571. The van der Waals surface area contributed by atoms with Crippen LogP contribution in [-0.2, 0) is 6.42 Å². The Bertz CT molecular complexity index is 392. The maximum absolute atomic E-state index is 13.5. The molecular formula is C14H17ClF2. The van der Waals surface area contributed by atoms with Gasteiger partial charge in [-0.2, -0.15) is 0 Å². The summed E-state index contributed by atoms with van der Waals surface area (Å²) in [5.41, 5.74) is 0.519. The molecule has 0 aliphatic heterocycles. The van der Waals surface area contributed by atoms with E-state index in [1.54, 1.807) is 0 Å². The zero-order valence-electron chi connectivity index (χ0n) is 9.93. The minimum absolute atomic E-state index is 0.0486. The van der Waals surface area contributed by atoms with Gasteiger partial charge in [-0.15, -0.1) is 11.6 Å². The molecule has 0 bridgehead atoms. The first-order valence-corrected chi connectivity index (χ1v) is 6.59. The van der Waals surface area contributed by atoms with E-state index in [1.165, 1.54) is 25.0 Å². The second kappa shape index (κ2) is 5.34. The Kier molecular flexibility index (Phi) is 4.03. The van der Waals surface area contributed by atoms with Gasteiger partial charge in [-0.05, 0) is 36.3 Å². The van der Waals surface area contributed by atoms with Crippen molar-refractivity contribution in [3.63, 3.8) is 0 Å². The summed E-state index contributed by atoms with van der Waals surface area (Å²) in [7, 11) is 0. The quantitative estimate of drug-likeness (QED) is 0.698. The highest BCUT2D eigenvalue weighted by Crippen LogP contribution is 2.37. The van der Waals surface area contributed by atoms with Crippen molar-refractivity contribution in [1.29, 1.82) is 0 Å². The van der Waals surface area contributed by atoms with Crippen LogP contribution in [0.25, 0.3) is 0 Å². The topological polar surface area (TPSA) is 0 Å². The third kappa shape index (κ3) is 2.98. The van der Waals surface area contributed by atoms with Gasteiger partial charge in [0.05, 0.1) is 0 Å². The Morgan fingerprint density at radius 2 is 2.12 bits per heavy atom. The molecule has 0 amide bonds. The molecule has 94 valence electrons. The summed E-state index contributed by atoms with van der Waals surface area (Å²) in [6, 6.07) is 3.72. The largest absolute Gasteiger partial charge is 0.207 e. The Morgan fingerprint density at radius 3 is 2.71 bits per heavy atom. The van der Waals surface area contributed by atoms with Crippen LogP contribution in [0.4, 0.5) is 8.78 Å². The van der Waals surface area contributed by atoms with Gasteiger partial charge >= 0.3 is 0 Å². The first-order valence-electron chi connectivity index (χ1n) is 6.16. The third-order valence-corrected chi connectivity index (χ3v) is 4.30. The van der Waals surface area contributed by atoms with Crippen LogP contribution < -0.4 is 0 Å². The number of hydrogen-bond donors (Lipinski definition) is 0. The molecule has 0 radical (unpaired) electrons. The smallest absolute Gasteiger partial charge is 0.129 e. The SMILES string of the molecule is CC1CCCC1C(Cl)Cc1ccc(F)cc1F. The Hall–Kier alpha value is -0.630. The molecule has 3 heteroatoms. The molecule has 3 atom stereocenters. The first-order chi connectivity index (χ1) is 8.08. The number of benzene rings is 1. The van der Waals surface area contributed by atoms with E-state index in [-0.39, 0.29) is 5.38 Å². The van der Waals surface area contributed by atoms with Gasteiger partial charge in [0.1, 0.15) is 11.6 Å². The summed E-state index contributed by atoms with van der Waals surface area (Å²) in [6.07, 6.45) is 4.03. The van der Waals surface area contributed by atoms with Crippen LogP contribution in [0.15, 0.2) is 18.2 Å². The fourth-order valence-electron chi connectivity index (χ4n) is 2.76. The fourth-order valence-corrected chi connectivity index (χ4v) is 3.30. The van der Waals surface area contributed by atoms with Crippen molar-refractivity contribution < 1.29 is 8.78 Å². The van der Waals surface area contributed by atoms with E-state index in [4.69, 9.17) is 11.6 Å². The molecular weight excluding hydrogens is 242 g/mol. The molecule has 0 aromatic heterocycles. The van der Waals surface area contributed by atoms with Gasteiger partial charge < -0.3 is 0 Å². The van der Waals surface area contributed by atoms with Crippen molar-refractivity contribution in [2.45, 2.75) is 38.0 Å². The molecule has 0 saturated heterocycles. The molecule has 17 heavy (non-hydrogen) atoms. The van der Waals surface area contributed by atoms with E-state index in [1.807, 2.05) is 0 Å². The van der Waals surface area contributed by atoms with Crippen LogP contribution in [0.1, 0.15) is 31.7 Å². The van der Waals surface area contributed by atoms with Crippen molar-refractivity contribution in [1.82, 2.24) is 0 Å². The number of halogens is 3. The Labute approximate surface area is 106 Å². The number of hydrogen-bond acceptors (Lipinski definition) is 0. The van der Waals surface area contributed by atoms with E-state index in [9.17, 15) is 8.78 Å². The zero-order valence-corrected chi connectivity index (χ0v) is 10.7. The second-order valence-electron chi connectivity index (χ2n) is 5.03. The van der Waals surface area contributed by atoms with E-state index in [2.05, 4.69) is 6.92 Å². The lowest BCUT2D eigenvalue weighted by Gasteiger charge is -2.21. The summed E-state index contributed by atoms with van der Waals surface area (Å²) >= 11 is 6.37. The minimum Gasteiger partial charge on any atom is -0.207 e. The van der Waals surface area contributed by atoms with Crippen LogP contribution in [0.3, 0.4) is 0 Å². The maximum atomic E-state index is 13.5. The predicted octanol–water partition coefficient (Wildman–Crippen LogP) is 4.55. The Balaban J connectivity index is 2.04. The molecule has 3 unspecified atom stereocenters. The lowest BCUT2D eigenvalue weighted by atomic mass is 9.91. The summed E-state index contributed by atoms with van der Waals surface area (Å²) in [4.78, 5) is 0. The van der Waals surface area contributed by atoms with Crippen LogP contribution in [0.2, 0.25) is 0 Å². The molecule has 1 aromatic rings. The monoisotopic (exact) mass is 258 g/mol. The van der Waals surface area contributed by atoms with Gasteiger partial charge in [0.25, 0.3) is 0 Å². The van der Waals surface area contributed by atoms with Gasteiger partial charge in [-0.1, -0.05) is 25.8 Å². The molecule has 1 aliphatic rings. The van der Waals surface area contributed by atoms with Crippen LogP contribution in [0, 0.1) is 23.5 Å². The van der Waals surface area contributed by atoms with Crippen molar-refractivity contribution >= 4 is 11.6 Å². The van der Waals surface area contributed by atoms with Crippen molar-refractivity contribution in [3.05, 3.63) is 35.4 Å². The van der Waals surface area contributed by atoms with Gasteiger partial charge in [-0.25, -0.2) is 8.78 Å². The predicted molar refractivity (Wildman–Crippen MR) is 66.2 cm³/mol. The summed E-state index contributed by atoms with van der Waals surface area (Å²) in [5.74, 6) is 0.0510. The van der Waals surface area contributed by atoms with Gasteiger partial charge in [0.15, 0.2) is 0 Å². The van der Waals surface area contributed by atoms with Gasteiger partial charge in [0.2, 0.25) is 0 Å². The van der Waals surface area contributed by atoms with E-state index in [0.29, 0.717) is 23.8 Å². The number of rotatable bonds is 3. The third-order valence-electron chi connectivity index (χ3n) is 3.82. The molecule has 1 saturated carbocycles. The minimum atomic E-state index is -0.536. The highest BCUT2D eigenvalue weighted by Gasteiger charge is 2.30. The molecule has 2 rings (SSSR count). The average Bonchev–Trinajstić information content (AvgIpc) is 2.68. The van der Waals surface area contributed by atoms with E-state index >= 15 is 0 Å². The van der Waals surface area contributed by atoms with Crippen LogP contribution in [0.5, 0.6) is 0 Å². The molecule has 1 aliphatic carbocycles. The lowest BCUT2D eigenvalue weighted by molar-refractivity contribution is 0.396. The van der Waals surface area contributed by atoms with E-state index in [0.717, 1.165) is 12.5 Å². The maximum Gasteiger partial charge on any atom is 0.129 e. The molecule has 1 aromatic carbocycles. The first kappa shape index (κ1) is 12.8. The van der Waals surface area contributed by atoms with Crippen LogP contribution >= 0.6 is 11.6 Å². The average molecular weight is 259 g/mol. The lowest BCUT2D eigenvalue weighted by Crippen LogP contribution is -2.20. The zero-order chi connectivity index (χ0) is 12.4. The summed E-state index contributed by atoms with van der Waals surface area (Å²) < 4.78 is 26.3. The molecule has 0 nitrogen and oxygen atoms in total. The van der Waals surface area contributed by atoms with Crippen molar-refractivity contribution in [2.24, 2.45) is 11.8 Å². The highest BCUT2D eigenvalue weighted by molar-refractivity contribution is 6.21. The molecule has 0 N–H and O–H groups in total. The molecule has 0 spiro atoms. The Morgan fingerprint density at radius 1 is 1.35 bits per heavy atom. The normalized spacial score (nSPS) is 26.1. The van der Waals surface area contributed by atoms with Gasteiger partial charge in [0, 0.05) is 11.4 Å². The highest BCUT2D eigenvalue weighted by atomic mass is 35.5. The molecule has 1 fully saturated rings. The van der Waals surface area contributed by atoms with Crippen LogP contribution in [-0.4, -0.2) is 5.38 Å². The summed E-state index contributed by atoms with van der Waals surface area (Å²) in [6.45, 7) is 2.20. The summed E-state index contributed by atoms with van der Waals surface area (Å²) in [5, 5.41) is -0.0486. The molecule has 0 heterocycles. The second-order valence-corrected chi connectivity index (χ2v) is 5.59. The van der Waals surface area contributed by atoms with Crippen molar-refractivity contribution in [2.75, 3.05) is 0 Å². The standard InChI is InChI=1S/C14H17ClF2/c1-9-3-2-4-12(9)13(15)7-10-5-6-11(16)8-14(10)17/h5-6,8-9,12-13H,2-4,7H2,1H3.